The van der Waals surface area contributed by atoms with Gasteiger partial charge in [-0.2, -0.15) is 0 Å². The summed E-state index contributed by atoms with van der Waals surface area (Å²) in [6, 6.07) is 60.4. The molecule has 0 aliphatic carbocycles. The Morgan fingerprint density at radius 3 is 2.15 bits per heavy atom. The molecule has 8 aromatic carbocycles. The van der Waals surface area contributed by atoms with Gasteiger partial charge in [-0.25, -0.2) is 0 Å². The molecule has 0 saturated heterocycles. The van der Waals surface area contributed by atoms with E-state index in [-0.39, 0.29) is 0 Å². The first kappa shape index (κ1) is 30.5. The van der Waals surface area contributed by atoms with E-state index in [1.54, 1.807) is 0 Å². The number of furan rings is 1. The lowest BCUT2D eigenvalue weighted by atomic mass is 10.0. The number of anilines is 1. The maximum atomic E-state index is 6.76. The second kappa shape index (κ2) is 12.0. The number of aliphatic imine (C=N–C) groups is 1. The number of rotatable bonds is 6. The molecule has 0 amide bonds. The molecule has 5 nitrogen and oxygen atoms in total. The van der Waals surface area contributed by atoms with Crippen LogP contribution in [0.2, 0.25) is 0 Å². The van der Waals surface area contributed by atoms with Crippen molar-refractivity contribution >= 4 is 87.7 Å². The average Bonchev–Trinajstić information content (AvgIpc) is 3.88. The van der Waals surface area contributed by atoms with Gasteiger partial charge in [-0.1, -0.05) is 121 Å². The molecule has 1 N–H and O–H groups in total. The third kappa shape index (κ3) is 4.48. The van der Waals surface area contributed by atoms with E-state index < -0.39 is 0 Å². The largest absolute Gasteiger partial charge is 0.454 e. The number of fused-ring (bicyclic) bond motifs is 12. The summed E-state index contributed by atoms with van der Waals surface area (Å²) in [6.07, 6.45) is 0. The molecule has 11 rings (SSSR count). The van der Waals surface area contributed by atoms with Crippen molar-refractivity contribution in [2.45, 2.75) is 6.67 Å². The molecule has 0 bridgehead atoms. The predicted octanol–water partition coefficient (Wildman–Crippen LogP) is 12.5. The minimum Gasteiger partial charge on any atom is -0.454 e. The molecule has 3 aromatic heterocycles. The summed E-state index contributed by atoms with van der Waals surface area (Å²) in [5, 5.41) is 12.9. The molecule has 5 heteroatoms. The minimum absolute atomic E-state index is 0.387. The third-order valence-corrected chi connectivity index (χ3v) is 11.0. The fourth-order valence-electron chi connectivity index (χ4n) is 8.62. The van der Waals surface area contributed by atoms with Crippen molar-refractivity contribution in [3.8, 4) is 5.69 Å². The van der Waals surface area contributed by atoms with Crippen LogP contribution in [-0.4, -0.2) is 21.9 Å². The molecule has 0 saturated carbocycles. The van der Waals surface area contributed by atoms with E-state index in [0.29, 0.717) is 6.67 Å². The molecular weight excluding hydrogens is 661 g/mol. The first-order chi connectivity index (χ1) is 26.8. The smallest absolute Gasteiger partial charge is 0.159 e. The van der Waals surface area contributed by atoms with Crippen LogP contribution in [0, 0.1) is 0 Å². The Kier molecular flexibility index (Phi) is 6.76. The first-order valence-electron chi connectivity index (χ1n) is 18.4. The SMILES string of the molecule is CNc1ccccc1C(=NCn1c2cc3c(cc2c2ccc4c5ccccc5oc4c21)c1c2ccccc2ccc1n3-c1ccccc1)c1ccccc1. The van der Waals surface area contributed by atoms with Crippen LogP contribution < -0.4 is 5.32 Å². The van der Waals surface area contributed by atoms with Gasteiger partial charge in [0, 0.05) is 61.9 Å². The Morgan fingerprint density at radius 1 is 0.574 bits per heavy atom. The topological polar surface area (TPSA) is 47.4 Å². The van der Waals surface area contributed by atoms with Crippen LogP contribution >= 0.6 is 0 Å². The molecule has 54 heavy (non-hydrogen) atoms. The zero-order valence-corrected chi connectivity index (χ0v) is 29.6. The zero-order chi connectivity index (χ0) is 35.8. The van der Waals surface area contributed by atoms with E-state index >= 15 is 0 Å². The van der Waals surface area contributed by atoms with Crippen LogP contribution in [0.15, 0.2) is 179 Å². The Balaban J connectivity index is 1.28. The van der Waals surface area contributed by atoms with Gasteiger partial charge in [-0.3, -0.25) is 4.99 Å². The summed E-state index contributed by atoms with van der Waals surface area (Å²) < 4.78 is 11.5. The molecule has 0 aliphatic heterocycles. The fourth-order valence-corrected chi connectivity index (χ4v) is 8.62. The molecule has 0 radical (unpaired) electrons. The molecular formula is C49H34N4O. The fraction of sp³-hybridized carbons (Fsp3) is 0.0408. The van der Waals surface area contributed by atoms with Crippen molar-refractivity contribution in [3.63, 3.8) is 0 Å². The van der Waals surface area contributed by atoms with Gasteiger partial charge in [-0.15, -0.1) is 0 Å². The first-order valence-corrected chi connectivity index (χ1v) is 18.4. The number of nitrogens with one attached hydrogen (secondary N) is 1. The molecule has 0 spiro atoms. The van der Waals surface area contributed by atoms with Gasteiger partial charge in [0.25, 0.3) is 0 Å². The lowest BCUT2D eigenvalue weighted by Crippen LogP contribution is -2.09. The van der Waals surface area contributed by atoms with Gasteiger partial charge in [0.15, 0.2) is 5.58 Å². The van der Waals surface area contributed by atoms with Crippen molar-refractivity contribution in [1.29, 1.82) is 0 Å². The maximum Gasteiger partial charge on any atom is 0.159 e. The predicted molar refractivity (Wildman–Crippen MR) is 227 cm³/mol. The van der Waals surface area contributed by atoms with Crippen molar-refractivity contribution in [1.82, 2.24) is 9.13 Å². The van der Waals surface area contributed by atoms with Crippen LogP contribution in [0.3, 0.4) is 0 Å². The average molecular weight is 695 g/mol. The zero-order valence-electron chi connectivity index (χ0n) is 29.6. The highest BCUT2D eigenvalue weighted by Gasteiger charge is 2.22. The summed E-state index contributed by atoms with van der Waals surface area (Å²) >= 11 is 0. The second-order valence-corrected chi connectivity index (χ2v) is 13.9. The number of hydrogen-bond acceptors (Lipinski definition) is 3. The number of benzene rings is 8. The van der Waals surface area contributed by atoms with Gasteiger partial charge in [0.1, 0.15) is 12.3 Å². The highest BCUT2D eigenvalue weighted by Crippen LogP contribution is 2.43. The van der Waals surface area contributed by atoms with Crippen molar-refractivity contribution in [2.24, 2.45) is 4.99 Å². The normalized spacial score (nSPS) is 12.4. The number of hydrogen-bond donors (Lipinski definition) is 1. The van der Waals surface area contributed by atoms with Gasteiger partial charge in [-0.05, 0) is 59.3 Å². The summed E-state index contributed by atoms with van der Waals surface area (Å²) in [6.45, 7) is 0.387. The Bertz CT molecular complexity index is 3270. The Labute approximate surface area is 311 Å². The molecule has 256 valence electrons. The quantitative estimate of drug-likeness (QED) is 0.176. The maximum absolute atomic E-state index is 6.76. The summed E-state index contributed by atoms with van der Waals surface area (Å²) in [5.74, 6) is 0. The molecule has 0 atom stereocenters. The van der Waals surface area contributed by atoms with Gasteiger partial charge < -0.3 is 18.9 Å². The summed E-state index contributed by atoms with van der Waals surface area (Å²) in [4.78, 5) is 5.51. The van der Waals surface area contributed by atoms with Crippen molar-refractivity contribution < 1.29 is 4.42 Å². The van der Waals surface area contributed by atoms with E-state index in [0.717, 1.165) is 72.1 Å². The minimum atomic E-state index is 0.387. The molecule has 3 heterocycles. The lowest BCUT2D eigenvalue weighted by Gasteiger charge is -2.14. The van der Waals surface area contributed by atoms with E-state index in [9.17, 15) is 0 Å². The van der Waals surface area contributed by atoms with Gasteiger partial charge in [0.2, 0.25) is 0 Å². The number of para-hydroxylation sites is 3. The van der Waals surface area contributed by atoms with E-state index in [4.69, 9.17) is 9.41 Å². The lowest BCUT2D eigenvalue weighted by molar-refractivity contribution is 0.667. The summed E-state index contributed by atoms with van der Waals surface area (Å²) in [5.41, 5.74) is 11.5. The molecule has 0 aliphatic rings. The van der Waals surface area contributed by atoms with Crippen molar-refractivity contribution in [3.05, 3.63) is 181 Å². The summed E-state index contributed by atoms with van der Waals surface area (Å²) in [7, 11) is 1.97. The second-order valence-electron chi connectivity index (χ2n) is 13.9. The highest BCUT2D eigenvalue weighted by atomic mass is 16.3. The van der Waals surface area contributed by atoms with Crippen LogP contribution in [0.1, 0.15) is 11.1 Å². The van der Waals surface area contributed by atoms with Crippen LogP contribution in [0.5, 0.6) is 0 Å². The highest BCUT2D eigenvalue weighted by molar-refractivity contribution is 6.27. The van der Waals surface area contributed by atoms with Gasteiger partial charge in [0.05, 0.1) is 27.8 Å². The number of nitrogens with zero attached hydrogens (tertiary/aromatic N) is 3. The molecule has 0 unspecified atom stereocenters. The van der Waals surface area contributed by atoms with Crippen LogP contribution in [0.25, 0.3) is 82.0 Å². The van der Waals surface area contributed by atoms with E-state index in [1.807, 2.05) is 13.1 Å². The molecule has 11 aromatic rings. The van der Waals surface area contributed by atoms with Crippen LogP contribution in [-0.2, 0) is 6.67 Å². The van der Waals surface area contributed by atoms with Gasteiger partial charge >= 0.3 is 0 Å². The standard InChI is InChI=1S/C49H34N4O/c1-50-41-22-12-10-21-38(41)47(32-15-4-2-5-16-32)51-30-52-43-29-44-40(28-39(43)36-25-26-37-35-20-11-13-23-45(35)54-49(37)48(36)52)46-34-19-9-8-14-31(34)24-27-42(46)53(44)33-17-6-3-7-18-33/h2-29,50H,30H2,1H3. The monoisotopic (exact) mass is 694 g/mol. The number of aromatic nitrogens is 2. The third-order valence-electron chi connectivity index (χ3n) is 11.0. The Morgan fingerprint density at radius 2 is 1.30 bits per heavy atom. The van der Waals surface area contributed by atoms with E-state index in [2.05, 4.69) is 178 Å². The van der Waals surface area contributed by atoms with E-state index in [1.165, 1.54) is 32.4 Å². The molecule has 0 fully saturated rings. The van der Waals surface area contributed by atoms with Crippen molar-refractivity contribution in [2.75, 3.05) is 12.4 Å². The van der Waals surface area contributed by atoms with Crippen LogP contribution in [0.4, 0.5) is 5.69 Å². The Hall–Kier alpha value is -7.11.